The average molecular weight is 698 g/mol. The monoisotopic (exact) mass is 697 g/mol. The number of ether oxygens (including phenoxy) is 1. The van der Waals surface area contributed by atoms with Crippen LogP contribution in [0, 0.1) is 11.8 Å². The summed E-state index contributed by atoms with van der Waals surface area (Å²) in [4.78, 5) is 2.49. The van der Waals surface area contributed by atoms with Crippen LogP contribution in [-0.4, -0.2) is 6.61 Å². The van der Waals surface area contributed by atoms with Crippen LogP contribution in [0.25, 0.3) is 27.8 Å². The third-order valence-corrected chi connectivity index (χ3v) is 12.2. The Kier molecular flexibility index (Phi) is 10.1. The lowest BCUT2D eigenvalue weighted by molar-refractivity contribution is 0.156. The number of hydrogen-bond donors (Lipinski definition) is 0. The highest BCUT2D eigenvalue weighted by atomic mass is 16.5. The summed E-state index contributed by atoms with van der Waals surface area (Å²) in [5, 5.41) is 0. The fraction of sp³-hybridized carbons (Fsp3) is 0.333. The minimum absolute atomic E-state index is 0.127. The van der Waals surface area contributed by atoms with E-state index in [9.17, 15) is 0 Å². The van der Waals surface area contributed by atoms with Gasteiger partial charge in [-0.25, -0.2) is 0 Å². The van der Waals surface area contributed by atoms with Gasteiger partial charge in [0, 0.05) is 28.9 Å². The summed E-state index contributed by atoms with van der Waals surface area (Å²) in [5.41, 5.74) is 15.7. The molecule has 2 heteroatoms. The lowest BCUT2D eigenvalue weighted by atomic mass is 9.81. The molecule has 2 nitrogen and oxygen atoms in total. The number of allylic oxidation sites excluding steroid dienone is 14. The van der Waals surface area contributed by atoms with Gasteiger partial charge in [-0.15, -0.1) is 0 Å². The van der Waals surface area contributed by atoms with E-state index in [-0.39, 0.29) is 5.41 Å². The molecule has 8 rings (SSSR count). The number of anilines is 1. The smallest absolute Gasteiger partial charge is 0.0960 e. The van der Waals surface area contributed by atoms with Gasteiger partial charge in [0.05, 0.1) is 12.4 Å². The van der Waals surface area contributed by atoms with Crippen molar-refractivity contribution in [1.82, 2.24) is 0 Å². The Morgan fingerprint density at radius 3 is 2.36 bits per heavy atom. The molecule has 1 aliphatic heterocycles. The molecule has 270 valence electrons. The third-order valence-electron chi connectivity index (χ3n) is 12.2. The van der Waals surface area contributed by atoms with Crippen LogP contribution in [-0.2, 0) is 10.2 Å². The molecule has 0 saturated heterocycles. The molecule has 0 radical (unpaired) electrons. The maximum atomic E-state index is 6.19. The molecule has 4 aliphatic carbocycles. The van der Waals surface area contributed by atoms with E-state index in [1.165, 1.54) is 86.4 Å². The van der Waals surface area contributed by atoms with E-state index in [1.54, 1.807) is 0 Å². The van der Waals surface area contributed by atoms with E-state index in [0.717, 1.165) is 50.9 Å². The third kappa shape index (κ3) is 7.26. The Morgan fingerprint density at radius 1 is 0.830 bits per heavy atom. The van der Waals surface area contributed by atoms with E-state index in [2.05, 4.69) is 160 Å². The van der Waals surface area contributed by atoms with Crippen LogP contribution in [0.4, 0.5) is 5.69 Å². The summed E-state index contributed by atoms with van der Waals surface area (Å²) in [5.74, 6) is 2.39. The van der Waals surface area contributed by atoms with Gasteiger partial charge < -0.3 is 9.64 Å². The SMILES string of the molecule is C/C=C(\C=C/CC1=CC(C2C=CCCC2)CCO1)N(C1=CC=C(C)CC1)c1ccc2c(c1)C(C)(C)c1cc(-c3ccc(C4=CCCC=C4)cc3)ccc1-2. The van der Waals surface area contributed by atoms with Gasteiger partial charge in [0.2, 0.25) is 0 Å². The lowest BCUT2D eigenvalue weighted by Crippen LogP contribution is -2.23. The van der Waals surface area contributed by atoms with Gasteiger partial charge in [-0.3, -0.25) is 0 Å². The van der Waals surface area contributed by atoms with E-state index in [4.69, 9.17) is 4.74 Å². The summed E-state index contributed by atoms with van der Waals surface area (Å²) in [6, 6.07) is 23.4. The molecule has 0 N–H and O–H groups in total. The Bertz CT molecular complexity index is 2110. The summed E-state index contributed by atoms with van der Waals surface area (Å²) >= 11 is 0. The predicted molar refractivity (Wildman–Crippen MR) is 225 cm³/mol. The van der Waals surface area contributed by atoms with Crippen molar-refractivity contribution in [3.05, 3.63) is 167 Å². The molecule has 0 saturated carbocycles. The van der Waals surface area contributed by atoms with Crippen LogP contribution in [0.15, 0.2) is 150 Å². The fourth-order valence-corrected chi connectivity index (χ4v) is 9.08. The van der Waals surface area contributed by atoms with Crippen molar-refractivity contribution in [2.24, 2.45) is 11.8 Å². The first-order valence-corrected chi connectivity index (χ1v) is 20.2. The zero-order valence-electron chi connectivity index (χ0n) is 32.2. The maximum absolute atomic E-state index is 6.19. The molecule has 3 aromatic carbocycles. The second kappa shape index (κ2) is 15.3. The molecule has 5 aliphatic rings. The largest absolute Gasteiger partial charge is 0.498 e. The van der Waals surface area contributed by atoms with Gasteiger partial charge >= 0.3 is 0 Å². The second-order valence-corrected chi connectivity index (χ2v) is 16.1. The van der Waals surface area contributed by atoms with Gasteiger partial charge in [0.25, 0.3) is 0 Å². The first-order valence-electron chi connectivity index (χ1n) is 20.2. The van der Waals surface area contributed by atoms with Crippen LogP contribution < -0.4 is 4.90 Å². The summed E-state index contributed by atoms with van der Waals surface area (Å²) in [6.07, 6.45) is 35.8. The van der Waals surface area contributed by atoms with Crippen molar-refractivity contribution in [1.29, 1.82) is 0 Å². The quantitative estimate of drug-likeness (QED) is 0.163. The maximum Gasteiger partial charge on any atom is 0.0960 e. The predicted octanol–water partition coefficient (Wildman–Crippen LogP) is 14.0. The molecular weight excluding hydrogens is 643 g/mol. The Labute approximate surface area is 318 Å². The van der Waals surface area contributed by atoms with Crippen molar-refractivity contribution < 1.29 is 4.74 Å². The zero-order valence-corrected chi connectivity index (χ0v) is 32.2. The van der Waals surface area contributed by atoms with Crippen LogP contribution in [0.1, 0.15) is 102 Å². The van der Waals surface area contributed by atoms with E-state index >= 15 is 0 Å². The average Bonchev–Trinajstić information content (AvgIpc) is 3.43. The number of benzene rings is 3. The van der Waals surface area contributed by atoms with Gasteiger partial charge in [-0.2, -0.15) is 0 Å². The molecule has 0 aromatic heterocycles. The minimum Gasteiger partial charge on any atom is -0.498 e. The normalized spacial score (nSPS) is 22.0. The Morgan fingerprint density at radius 2 is 1.62 bits per heavy atom. The van der Waals surface area contributed by atoms with Crippen molar-refractivity contribution in [3.63, 3.8) is 0 Å². The van der Waals surface area contributed by atoms with E-state index in [0.29, 0.717) is 11.8 Å². The lowest BCUT2D eigenvalue weighted by Gasteiger charge is -2.32. The number of nitrogens with zero attached hydrogens (tertiary/aromatic N) is 1. The Hall–Kier alpha value is -4.82. The molecule has 0 amide bonds. The van der Waals surface area contributed by atoms with E-state index < -0.39 is 0 Å². The highest BCUT2D eigenvalue weighted by molar-refractivity contribution is 5.86. The molecule has 2 unspecified atom stereocenters. The highest BCUT2D eigenvalue weighted by Gasteiger charge is 2.36. The first-order chi connectivity index (χ1) is 25.9. The highest BCUT2D eigenvalue weighted by Crippen LogP contribution is 2.51. The number of fused-ring (bicyclic) bond motifs is 3. The van der Waals surface area contributed by atoms with Gasteiger partial charge in [0.1, 0.15) is 0 Å². The molecule has 2 atom stereocenters. The summed E-state index contributed by atoms with van der Waals surface area (Å²) < 4.78 is 6.19. The molecule has 3 aromatic rings. The Balaban J connectivity index is 1.07. The van der Waals surface area contributed by atoms with Crippen molar-refractivity contribution in [2.45, 2.75) is 90.9 Å². The van der Waals surface area contributed by atoms with Crippen molar-refractivity contribution in [2.75, 3.05) is 11.5 Å². The van der Waals surface area contributed by atoms with Crippen LogP contribution in [0.3, 0.4) is 0 Å². The van der Waals surface area contributed by atoms with Crippen molar-refractivity contribution in [3.8, 4) is 22.3 Å². The molecule has 0 fully saturated rings. The molecule has 1 heterocycles. The van der Waals surface area contributed by atoms with Crippen molar-refractivity contribution >= 4 is 11.3 Å². The second-order valence-electron chi connectivity index (χ2n) is 16.1. The number of hydrogen-bond acceptors (Lipinski definition) is 2. The topological polar surface area (TPSA) is 12.5 Å². The molecule has 0 spiro atoms. The minimum atomic E-state index is -0.127. The molecular formula is C51H55NO. The first kappa shape index (κ1) is 35.2. The van der Waals surface area contributed by atoms with Crippen LogP contribution in [0.2, 0.25) is 0 Å². The fourth-order valence-electron chi connectivity index (χ4n) is 9.08. The van der Waals surface area contributed by atoms with Crippen LogP contribution in [0.5, 0.6) is 0 Å². The van der Waals surface area contributed by atoms with Crippen LogP contribution >= 0.6 is 0 Å². The zero-order chi connectivity index (χ0) is 36.4. The summed E-state index contributed by atoms with van der Waals surface area (Å²) in [7, 11) is 0. The standard InChI is InChI=1S/C51H55NO/c1-5-43(17-12-18-46-33-42(31-32-53-46)38-15-10-7-11-16-38)52(44-26-19-36(2)20-27-44)45-28-30-48-47-29-25-41(34-49(47)51(3,4)50(48)35-45)40-23-21-39(22-24-40)37-13-8-6-9-14-37/h5,8,10,12-15,17,19,21-26,28-30,33-35,38,42H,6-7,9,11,16,18,20,27,31-32H2,1-4H3/b17-12-,43-5+. The van der Waals surface area contributed by atoms with E-state index in [1.807, 2.05) is 0 Å². The van der Waals surface area contributed by atoms with Gasteiger partial charge in [-0.1, -0.05) is 110 Å². The molecule has 0 bridgehead atoms. The van der Waals surface area contributed by atoms with Gasteiger partial charge in [-0.05, 0) is 158 Å². The molecule has 53 heavy (non-hydrogen) atoms. The summed E-state index contributed by atoms with van der Waals surface area (Å²) in [6.45, 7) is 10.0. The number of rotatable bonds is 9. The van der Waals surface area contributed by atoms with Gasteiger partial charge in [0.15, 0.2) is 0 Å².